The van der Waals surface area contributed by atoms with Crippen LogP contribution in [0.5, 0.6) is 0 Å². The molecular formula is C18H22N2O5. The number of fused-ring (bicyclic) bond motifs is 1. The largest absolute Gasteiger partial charge is 0.483 e. The van der Waals surface area contributed by atoms with E-state index in [9.17, 15) is 15.0 Å². The summed E-state index contributed by atoms with van der Waals surface area (Å²) in [4.78, 5) is 26.2. The van der Waals surface area contributed by atoms with Crippen LogP contribution in [0, 0.1) is 19.8 Å². The maximum atomic E-state index is 11.3. The Morgan fingerprint density at radius 3 is 2.68 bits per heavy atom. The Hall–Kier alpha value is -2.67. The molecule has 0 spiro atoms. The predicted octanol–water partition coefficient (Wildman–Crippen LogP) is 1.82. The van der Waals surface area contributed by atoms with Gasteiger partial charge in [0.1, 0.15) is 5.92 Å². The van der Waals surface area contributed by atoms with Crippen LogP contribution in [0.2, 0.25) is 0 Å². The minimum Gasteiger partial charge on any atom is -0.483 e. The zero-order chi connectivity index (χ0) is 18.6. The number of pyridine rings is 1. The van der Waals surface area contributed by atoms with E-state index >= 15 is 0 Å². The van der Waals surface area contributed by atoms with Crippen molar-refractivity contribution in [2.45, 2.75) is 26.4 Å². The van der Waals surface area contributed by atoms with Crippen molar-refractivity contribution in [2.24, 2.45) is 5.92 Å². The molecule has 1 fully saturated rings. The lowest BCUT2D eigenvalue weighted by atomic mass is 9.94. The molecule has 134 valence electrons. The normalized spacial score (nSPS) is 19.9. The minimum absolute atomic E-state index is 0.250. The van der Waals surface area contributed by atoms with E-state index < -0.39 is 18.0 Å². The highest BCUT2D eigenvalue weighted by Gasteiger charge is 2.33. The highest BCUT2D eigenvalue weighted by molar-refractivity contribution is 5.94. The van der Waals surface area contributed by atoms with E-state index in [0.29, 0.717) is 19.5 Å². The lowest BCUT2D eigenvalue weighted by Crippen LogP contribution is -2.46. The second kappa shape index (κ2) is 7.94. The molecule has 0 radical (unpaired) electrons. The van der Waals surface area contributed by atoms with Crippen molar-refractivity contribution in [3.8, 4) is 0 Å². The maximum Gasteiger partial charge on any atom is 0.310 e. The van der Waals surface area contributed by atoms with Crippen LogP contribution in [0.15, 0.2) is 24.4 Å². The van der Waals surface area contributed by atoms with Gasteiger partial charge in [0.05, 0.1) is 11.6 Å². The number of nitrogens with zero attached hydrogens (tertiary/aromatic N) is 2. The molecule has 2 atom stereocenters. The molecule has 3 rings (SSSR count). The molecule has 1 aliphatic rings. The average Bonchev–Trinajstić information content (AvgIpc) is 2.55. The van der Waals surface area contributed by atoms with Crippen LogP contribution in [0.3, 0.4) is 0 Å². The molecule has 0 amide bonds. The first kappa shape index (κ1) is 18.7. The van der Waals surface area contributed by atoms with Gasteiger partial charge in [-0.3, -0.25) is 14.6 Å². The SMILES string of the molecule is Cc1cc(C)c2nccc(N3CC[C@@H](O)[C@@H](C(=O)O)C3)c2c1.O=CO. The van der Waals surface area contributed by atoms with Crippen molar-refractivity contribution in [1.82, 2.24) is 4.98 Å². The summed E-state index contributed by atoms with van der Waals surface area (Å²) in [6, 6.07) is 6.11. The average molecular weight is 346 g/mol. The summed E-state index contributed by atoms with van der Waals surface area (Å²) in [7, 11) is 0. The number of carbonyl (C=O) groups is 2. The molecule has 7 heteroatoms. The van der Waals surface area contributed by atoms with Gasteiger partial charge < -0.3 is 20.2 Å². The molecule has 0 unspecified atom stereocenters. The molecule has 0 aliphatic carbocycles. The number of anilines is 1. The van der Waals surface area contributed by atoms with E-state index in [-0.39, 0.29) is 6.47 Å². The third-order valence-electron chi connectivity index (χ3n) is 4.39. The molecule has 1 aliphatic heterocycles. The molecular weight excluding hydrogens is 324 g/mol. The van der Waals surface area contributed by atoms with Crippen LogP contribution >= 0.6 is 0 Å². The first-order valence-electron chi connectivity index (χ1n) is 7.98. The van der Waals surface area contributed by atoms with Crippen molar-refractivity contribution >= 4 is 29.0 Å². The number of carboxylic acids is 1. The minimum atomic E-state index is -0.942. The van der Waals surface area contributed by atoms with Gasteiger partial charge in [-0.2, -0.15) is 0 Å². The number of aliphatic carboxylic acids is 1. The Morgan fingerprint density at radius 2 is 2.04 bits per heavy atom. The third-order valence-corrected chi connectivity index (χ3v) is 4.39. The van der Waals surface area contributed by atoms with Crippen LogP contribution in [0.25, 0.3) is 10.9 Å². The van der Waals surface area contributed by atoms with E-state index in [4.69, 9.17) is 9.90 Å². The van der Waals surface area contributed by atoms with Crippen LogP contribution < -0.4 is 4.90 Å². The number of benzene rings is 1. The van der Waals surface area contributed by atoms with E-state index in [1.54, 1.807) is 6.20 Å². The van der Waals surface area contributed by atoms with Gasteiger partial charge in [0.15, 0.2) is 0 Å². The molecule has 1 aromatic carbocycles. The van der Waals surface area contributed by atoms with Crippen molar-refractivity contribution in [2.75, 3.05) is 18.0 Å². The van der Waals surface area contributed by atoms with Crippen LogP contribution in [0.4, 0.5) is 5.69 Å². The Kier molecular flexibility index (Phi) is 5.93. The number of piperidine rings is 1. The smallest absolute Gasteiger partial charge is 0.310 e. The molecule has 2 aromatic rings. The first-order chi connectivity index (χ1) is 11.9. The molecule has 1 aromatic heterocycles. The van der Waals surface area contributed by atoms with Gasteiger partial charge in [-0.1, -0.05) is 11.6 Å². The molecule has 1 saturated heterocycles. The quantitative estimate of drug-likeness (QED) is 0.711. The number of rotatable bonds is 2. The Bertz CT molecular complexity index is 777. The van der Waals surface area contributed by atoms with Gasteiger partial charge in [0, 0.05) is 30.4 Å². The lowest BCUT2D eigenvalue weighted by Gasteiger charge is -2.36. The van der Waals surface area contributed by atoms with Crippen molar-refractivity contribution in [3.05, 3.63) is 35.5 Å². The summed E-state index contributed by atoms with van der Waals surface area (Å²) < 4.78 is 0. The summed E-state index contributed by atoms with van der Waals surface area (Å²) in [5.74, 6) is -1.69. The van der Waals surface area contributed by atoms with E-state index in [0.717, 1.165) is 27.7 Å². The van der Waals surface area contributed by atoms with Gasteiger partial charge in [0.25, 0.3) is 6.47 Å². The Morgan fingerprint density at radius 1 is 1.36 bits per heavy atom. The third kappa shape index (κ3) is 4.06. The highest BCUT2D eigenvalue weighted by Crippen LogP contribution is 2.31. The predicted molar refractivity (Wildman–Crippen MR) is 93.9 cm³/mol. The second-order valence-electron chi connectivity index (χ2n) is 6.16. The van der Waals surface area contributed by atoms with Crippen molar-refractivity contribution in [1.29, 1.82) is 0 Å². The highest BCUT2D eigenvalue weighted by atomic mass is 16.4. The van der Waals surface area contributed by atoms with E-state index in [1.165, 1.54) is 0 Å². The molecule has 0 saturated carbocycles. The number of carboxylic acid groups (broad SMARTS) is 2. The number of hydrogen-bond donors (Lipinski definition) is 3. The van der Waals surface area contributed by atoms with E-state index in [1.807, 2.05) is 19.9 Å². The number of aryl methyl sites for hydroxylation is 2. The van der Waals surface area contributed by atoms with Crippen molar-refractivity contribution < 1.29 is 24.9 Å². The summed E-state index contributed by atoms with van der Waals surface area (Å²) in [6.45, 7) is 4.80. The standard InChI is InChI=1S/C17H20N2O3.CH2O2/c1-10-7-11(2)16-12(8-10)14(3-5-18-16)19-6-4-15(20)13(9-19)17(21)22;2-1-3/h3,5,7-8,13,15,20H,4,6,9H2,1-2H3,(H,21,22);1H,(H,2,3)/t13-,15+;/m0./s1. The molecule has 0 bridgehead atoms. The van der Waals surface area contributed by atoms with Gasteiger partial charge in [-0.05, 0) is 38.0 Å². The summed E-state index contributed by atoms with van der Waals surface area (Å²) in [5, 5.41) is 27.1. The number of aliphatic hydroxyl groups excluding tert-OH is 1. The summed E-state index contributed by atoms with van der Waals surface area (Å²) >= 11 is 0. The van der Waals surface area contributed by atoms with Gasteiger partial charge in [-0.15, -0.1) is 0 Å². The van der Waals surface area contributed by atoms with Crippen LogP contribution in [0.1, 0.15) is 17.5 Å². The second-order valence-corrected chi connectivity index (χ2v) is 6.16. The summed E-state index contributed by atoms with van der Waals surface area (Å²) in [6.07, 6.45) is 1.46. The van der Waals surface area contributed by atoms with Gasteiger partial charge in [0.2, 0.25) is 0 Å². The maximum absolute atomic E-state index is 11.3. The Labute approximate surface area is 145 Å². The number of aliphatic hydroxyl groups is 1. The topological polar surface area (TPSA) is 111 Å². The summed E-state index contributed by atoms with van der Waals surface area (Å²) in [5.41, 5.74) is 4.21. The molecule has 2 heterocycles. The molecule has 3 N–H and O–H groups in total. The molecule has 7 nitrogen and oxygen atoms in total. The fourth-order valence-corrected chi connectivity index (χ4v) is 3.28. The first-order valence-corrected chi connectivity index (χ1v) is 7.98. The van der Waals surface area contributed by atoms with E-state index in [2.05, 4.69) is 22.0 Å². The molecule has 25 heavy (non-hydrogen) atoms. The Balaban J connectivity index is 0.000000701. The van der Waals surface area contributed by atoms with Gasteiger partial charge >= 0.3 is 5.97 Å². The fraction of sp³-hybridized carbons (Fsp3) is 0.389. The van der Waals surface area contributed by atoms with Crippen LogP contribution in [-0.4, -0.2) is 51.9 Å². The van der Waals surface area contributed by atoms with Crippen LogP contribution in [-0.2, 0) is 9.59 Å². The van der Waals surface area contributed by atoms with Gasteiger partial charge in [-0.25, -0.2) is 0 Å². The number of hydrogen-bond acceptors (Lipinski definition) is 5. The van der Waals surface area contributed by atoms with Crippen molar-refractivity contribution in [3.63, 3.8) is 0 Å². The lowest BCUT2D eigenvalue weighted by molar-refractivity contribution is -0.146. The number of aromatic nitrogens is 1. The zero-order valence-corrected chi connectivity index (χ0v) is 14.2. The fourth-order valence-electron chi connectivity index (χ4n) is 3.28. The monoisotopic (exact) mass is 346 g/mol. The zero-order valence-electron chi connectivity index (χ0n) is 14.2.